The van der Waals surface area contributed by atoms with Crippen LogP contribution in [0, 0.1) is 23.6 Å². The number of fused-ring (bicyclic) bond motifs is 1. The summed E-state index contributed by atoms with van der Waals surface area (Å²) in [5.41, 5.74) is -0.108. The molecular formula is C21H21ClFNO3. The molecule has 6 heteroatoms. The molecule has 1 aromatic carbocycles. The van der Waals surface area contributed by atoms with Crippen LogP contribution < -0.4 is 5.43 Å². The van der Waals surface area contributed by atoms with Gasteiger partial charge < -0.3 is 9.30 Å². The van der Waals surface area contributed by atoms with E-state index >= 15 is 0 Å². The topological polar surface area (TPSA) is 48.3 Å². The molecule has 6 rings (SSSR count). The third-order valence-corrected chi connectivity index (χ3v) is 7.26. The summed E-state index contributed by atoms with van der Waals surface area (Å²) in [6, 6.07) is 2.69. The van der Waals surface area contributed by atoms with Crippen LogP contribution in [0.2, 0.25) is 5.02 Å². The van der Waals surface area contributed by atoms with Gasteiger partial charge in [0, 0.05) is 17.1 Å². The number of pyridine rings is 1. The molecule has 0 radical (unpaired) electrons. The maximum absolute atomic E-state index is 14.3. The van der Waals surface area contributed by atoms with Crippen molar-refractivity contribution >= 4 is 28.5 Å². The van der Waals surface area contributed by atoms with Crippen molar-refractivity contribution in [3.8, 4) is 0 Å². The Bertz CT molecular complexity index is 993. The number of halogens is 2. The molecule has 0 atom stereocenters. The molecule has 27 heavy (non-hydrogen) atoms. The number of esters is 1. The first-order valence-corrected chi connectivity index (χ1v) is 9.91. The summed E-state index contributed by atoms with van der Waals surface area (Å²) in [5, 5.41) is 0.165. The maximum Gasteiger partial charge on any atom is 0.343 e. The average molecular weight is 390 g/mol. The van der Waals surface area contributed by atoms with E-state index in [4.69, 9.17) is 16.3 Å². The zero-order chi connectivity index (χ0) is 18.9. The van der Waals surface area contributed by atoms with E-state index in [-0.39, 0.29) is 21.5 Å². The number of rotatable bonds is 2. The Labute approximate surface area is 161 Å². The molecule has 0 unspecified atom stereocenters. The molecule has 4 saturated carbocycles. The molecule has 0 aliphatic heterocycles. The van der Waals surface area contributed by atoms with Crippen molar-refractivity contribution in [1.29, 1.82) is 0 Å². The zero-order valence-corrected chi connectivity index (χ0v) is 15.9. The van der Waals surface area contributed by atoms with E-state index in [1.165, 1.54) is 38.5 Å². The van der Waals surface area contributed by atoms with Gasteiger partial charge >= 0.3 is 5.97 Å². The fourth-order valence-corrected chi connectivity index (χ4v) is 6.49. The van der Waals surface area contributed by atoms with Crippen LogP contribution in [-0.4, -0.2) is 17.6 Å². The number of hydrogen-bond acceptors (Lipinski definition) is 3. The second-order valence-electron chi connectivity index (χ2n) is 8.66. The molecule has 4 nitrogen and oxygen atoms in total. The molecule has 0 amide bonds. The standard InChI is InChI=1S/C21H21ClFNO3/c1-27-20(26)15-10-24(18-6-17(23)16(22)5-14(18)19(15)25)21-7-11-2-12(8-21)4-13(3-11)9-21/h5-6,10-13H,2-4,7-9H2,1H3. The smallest absolute Gasteiger partial charge is 0.343 e. The molecule has 142 valence electrons. The van der Waals surface area contributed by atoms with Gasteiger partial charge in [-0.05, 0) is 68.4 Å². The number of hydrogen-bond donors (Lipinski definition) is 0. The number of methoxy groups -OCH3 is 1. The lowest BCUT2D eigenvalue weighted by atomic mass is 9.53. The van der Waals surface area contributed by atoms with E-state index < -0.39 is 17.2 Å². The summed E-state index contributed by atoms with van der Waals surface area (Å²) in [5.74, 6) is 0.798. The van der Waals surface area contributed by atoms with Gasteiger partial charge in [-0.2, -0.15) is 0 Å². The van der Waals surface area contributed by atoms with Gasteiger partial charge in [0.2, 0.25) is 5.43 Å². The fourth-order valence-electron chi connectivity index (χ4n) is 6.33. The number of ether oxygens (including phenoxy) is 1. The number of carbonyl (C=O) groups excluding carboxylic acids is 1. The summed E-state index contributed by atoms with van der Waals surface area (Å²) >= 11 is 5.96. The van der Waals surface area contributed by atoms with Crippen molar-refractivity contribution < 1.29 is 13.9 Å². The van der Waals surface area contributed by atoms with Gasteiger partial charge in [-0.25, -0.2) is 9.18 Å². The van der Waals surface area contributed by atoms with Gasteiger partial charge in [-0.15, -0.1) is 0 Å². The van der Waals surface area contributed by atoms with Crippen LogP contribution in [-0.2, 0) is 10.3 Å². The Morgan fingerprint density at radius 2 is 1.78 bits per heavy atom. The van der Waals surface area contributed by atoms with E-state index in [0.717, 1.165) is 19.3 Å². The van der Waals surface area contributed by atoms with Crippen LogP contribution in [0.4, 0.5) is 4.39 Å². The Hall–Kier alpha value is -1.88. The zero-order valence-electron chi connectivity index (χ0n) is 15.1. The predicted molar refractivity (Wildman–Crippen MR) is 101 cm³/mol. The monoisotopic (exact) mass is 389 g/mol. The van der Waals surface area contributed by atoms with Crippen molar-refractivity contribution in [3.63, 3.8) is 0 Å². The predicted octanol–water partition coefficient (Wildman–Crippen LogP) is 4.51. The largest absolute Gasteiger partial charge is 0.465 e. The SMILES string of the molecule is COC(=O)c1cn(C23CC4CC(CC(C4)C2)C3)c2cc(F)c(Cl)cc2c1=O. The quantitative estimate of drug-likeness (QED) is 0.710. The first-order chi connectivity index (χ1) is 12.9. The van der Waals surface area contributed by atoms with E-state index in [1.807, 2.05) is 4.57 Å². The Morgan fingerprint density at radius 1 is 1.19 bits per heavy atom. The molecule has 1 aromatic heterocycles. The normalized spacial score (nSPS) is 31.4. The second kappa shape index (κ2) is 5.81. The fraction of sp³-hybridized carbons (Fsp3) is 0.524. The van der Waals surface area contributed by atoms with Crippen molar-refractivity contribution in [3.05, 3.63) is 45.0 Å². The van der Waals surface area contributed by atoms with Crippen LogP contribution in [0.5, 0.6) is 0 Å². The summed E-state index contributed by atoms with van der Waals surface area (Å²) in [4.78, 5) is 25.1. The van der Waals surface area contributed by atoms with Gasteiger partial charge in [0.25, 0.3) is 0 Å². The highest BCUT2D eigenvalue weighted by molar-refractivity contribution is 6.31. The van der Waals surface area contributed by atoms with Crippen molar-refractivity contribution in [1.82, 2.24) is 4.57 Å². The van der Waals surface area contributed by atoms with Crippen LogP contribution in [0.3, 0.4) is 0 Å². The lowest BCUT2D eigenvalue weighted by Crippen LogP contribution is -2.52. The number of carbonyl (C=O) groups is 1. The summed E-state index contributed by atoms with van der Waals surface area (Å²) in [7, 11) is 1.26. The molecule has 4 aliphatic rings. The lowest BCUT2D eigenvalue weighted by molar-refractivity contribution is -0.0411. The summed E-state index contributed by atoms with van der Waals surface area (Å²) in [6.07, 6.45) is 8.45. The van der Waals surface area contributed by atoms with Crippen LogP contribution >= 0.6 is 11.6 Å². The van der Waals surface area contributed by atoms with Gasteiger partial charge in [0.1, 0.15) is 11.4 Å². The van der Waals surface area contributed by atoms with Gasteiger partial charge in [-0.3, -0.25) is 4.79 Å². The minimum Gasteiger partial charge on any atom is -0.465 e. The van der Waals surface area contributed by atoms with E-state index in [0.29, 0.717) is 23.3 Å². The lowest BCUT2D eigenvalue weighted by Gasteiger charge is -2.57. The number of nitrogens with zero attached hydrogens (tertiary/aromatic N) is 1. The van der Waals surface area contributed by atoms with Crippen LogP contribution in [0.15, 0.2) is 23.1 Å². The third-order valence-electron chi connectivity index (χ3n) is 6.97. The van der Waals surface area contributed by atoms with Gasteiger partial charge in [0.15, 0.2) is 0 Å². The molecule has 0 spiro atoms. The highest BCUT2D eigenvalue weighted by Gasteiger charge is 2.52. The molecule has 4 fully saturated rings. The molecule has 0 N–H and O–H groups in total. The van der Waals surface area contributed by atoms with E-state index in [9.17, 15) is 14.0 Å². The van der Waals surface area contributed by atoms with E-state index in [1.54, 1.807) is 6.20 Å². The van der Waals surface area contributed by atoms with Crippen LogP contribution in [0.25, 0.3) is 10.9 Å². The van der Waals surface area contributed by atoms with Crippen molar-refractivity contribution in [2.45, 2.75) is 44.1 Å². The van der Waals surface area contributed by atoms with Gasteiger partial charge in [0.05, 0.1) is 17.6 Å². The van der Waals surface area contributed by atoms with Crippen molar-refractivity contribution in [2.75, 3.05) is 7.11 Å². The first kappa shape index (κ1) is 17.2. The highest BCUT2D eigenvalue weighted by atomic mass is 35.5. The van der Waals surface area contributed by atoms with Crippen LogP contribution in [0.1, 0.15) is 48.9 Å². The molecule has 1 heterocycles. The second-order valence-corrected chi connectivity index (χ2v) is 9.07. The molecule has 4 aliphatic carbocycles. The minimum absolute atomic E-state index is 0.0107. The average Bonchev–Trinajstić information content (AvgIpc) is 2.62. The first-order valence-electron chi connectivity index (χ1n) is 9.53. The van der Waals surface area contributed by atoms with Gasteiger partial charge in [-0.1, -0.05) is 11.6 Å². The Balaban J connectivity index is 1.81. The number of aromatic nitrogens is 1. The maximum atomic E-state index is 14.3. The minimum atomic E-state index is -0.666. The molecular weight excluding hydrogens is 369 g/mol. The number of benzene rings is 1. The van der Waals surface area contributed by atoms with E-state index in [2.05, 4.69) is 0 Å². The third kappa shape index (κ3) is 2.47. The van der Waals surface area contributed by atoms with Crippen molar-refractivity contribution in [2.24, 2.45) is 17.8 Å². The summed E-state index contributed by atoms with van der Waals surface area (Å²) < 4.78 is 21.2. The molecule has 4 bridgehead atoms. The molecule has 2 aromatic rings. The summed E-state index contributed by atoms with van der Waals surface area (Å²) in [6.45, 7) is 0. The molecule has 0 saturated heterocycles. The Kier molecular flexibility index (Phi) is 3.71. The Morgan fingerprint density at radius 3 is 2.33 bits per heavy atom. The highest BCUT2D eigenvalue weighted by Crippen LogP contribution is 2.59.